The molecule has 0 aliphatic rings. The third kappa shape index (κ3) is 6.42. The molecule has 0 radical (unpaired) electrons. The standard InChI is InChI=1S/C26H30F2O/c1-5-8-20-12-14-21(15-13-20)11-9-19(4)10-16-22(6-2)23-17-18-24(29-7-3)26(28)25(23)27/h6,10,12-18H,4-5,7-9,11H2,1-3H3/b16-10-,22-6+. The lowest BCUT2D eigenvalue weighted by molar-refractivity contribution is 0.314. The van der Waals surface area contributed by atoms with E-state index < -0.39 is 11.6 Å². The fourth-order valence-corrected chi connectivity index (χ4v) is 3.12. The van der Waals surface area contributed by atoms with Gasteiger partial charge in [0, 0.05) is 5.56 Å². The minimum Gasteiger partial charge on any atom is -0.491 e. The van der Waals surface area contributed by atoms with Crippen molar-refractivity contribution < 1.29 is 13.5 Å². The van der Waals surface area contributed by atoms with Gasteiger partial charge in [-0.1, -0.05) is 68.0 Å². The maximum absolute atomic E-state index is 14.5. The summed E-state index contributed by atoms with van der Waals surface area (Å²) in [5.41, 5.74) is 4.38. The predicted molar refractivity (Wildman–Crippen MR) is 118 cm³/mol. The molecule has 2 rings (SSSR count). The average molecular weight is 397 g/mol. The Bertz CT molecular complexity index is 876. The molecule has 0 heterocycles. The van der Waals surface area contributed by atoms with Gasteiger partial charge < -0.3 is 4.74 Å². The molecule has 2 aromatic rings. The first-order valence-electron chi connectivity index (χ1n) is 10.2. The van der Waals surface area contributed by atoms with Gasteiger partial charge >= 0.3 is 0 Å². The first-order valence-corrected chi connectivity index (χ1v) is 10.2. The van der Waals surface area contributed by atoms with Crippen molar-refractivity contribution in [1.29, 1.82) is 0 Å². The zero-order chi connectivity index (χ0) is 21.2. The number of hydrogen-bond acceptors (Lipinski definition) is 1. The molecule has 0 N–H and O–H groups in total. The Morgan fingerprint density at radius 2 is 1.59 bits per heavy atom. The van der Waals surface area contributed by atoms with Crippen molar-refractivity contribution in [2.45, 2.75) is 46.5 Å². The highest BCUT2D eigenvalue weighted by Gasteiger charge is 2.15. The molecule has 3 heteroatoms. The van der Waals surface area contributed by atoms with E-state index in [2.05, 4.69) is 37.8 Å². The quantitative estimate of drug-likeness (QED) is 0.379. The number of aryl methyl sites for hydroxylation is 2. The molecule has 0 amide bonds. The number of halogens is 2. The Kier molecular flexibility index (Phi) is 8.85. The number of allylic oxidation sites excluding steroid dienone is 5. The fourth-order valence-electron chi connectivity index (χ4n) is 3.12. The lowest BCUT2D eigenvalue weighted by Gasteiger charge is -2.10. The molecule has 0 unspecified atom stereocenters. The van der Waals surface area contributed by atoms with Crippen molar-refractivity contribution in [1.82, 2.24) is 0 Å². The summed E-state index contributed by atoms with van der Waals surface area (Å²) in [6.45, 7) is 10.1. The smallest absolute Gasteiger partial charge is 0.201 e. The summed E-state index contributed by atoms with van der Waals surface area (Å²) in [4.78, 5) is 0. The van der Waals surface area contributed by atoms with Crippen LogP contribution in [0.4, 0.5) is 8.78 Å². The lowest BCUT2D eigenvalue weighted by Crippen LogP contribution is -2.00. The van der Waals surface area contributed by atoms with E-state index in [4.69, 9.17) is 4.74 Å². The third-order valence-electron chi connectivity index (χ3n) is 4.76. The van der Waals surface area contributed by atoms with Crippen LogP contribution in [0, 0.1) is 11.6 Å². The van der Waals surface area contributed by atoms with Crippen LogP contribution in [0.1, 0.15) is 50.3 Å². The summed E-state index contributed by atoms with van der Waals surface area (Å²) in [5.74, 6) is -1.92. The molecule has 0 spiro atoms. The van der Waals surface area contributed by atoms with Crippen LogP contribution < -0.4 is 4.74 Å². The summed E-state index contributed by atoms with van der Waals surface area (Å²) in [6, 6.07) is 11.7. The highest BCUT2D eigenvalue weighted by molar-refractivity contribution is 5.75. The summed E-state index contributed by atoms with van der Waals surface area (Å²) < 4.78 is 33.7. The van der Waals surface area contributed by atoms with E-state index in [1.807, 2.05) is 6.08 Å². The van der Waals surface area contributed by atoms with Crippen LogP contribution in [0.3, 0.4) is 0 Å². The number of ether oxygens (including phenoxy) is 1. The van der Waals surface area contributed by atoms with E-state index in [-0.39, 0.29) is 17.9 Å². The Morgan fingerprint density at radius 3 is 2.17 bits per heavy atom. The van der Waals surface area contributed by atoms with E-state index in [9.17, 15) is 8.78 Å². The second-order valence-corrected chi connectivity index (χ2v) is 6.97. The maximum Gasteiger partial charge on any atom is 0.201 e. The van der Waals surface area contributed by atoms with Gasteiger partial charge in [0.1, 0.15) is 0 Å². The van der Waals surface area contributed by atoms with E-state index >= 15 is 0 Å². The Hall–Kier alpha value is -2.68. The lowest BCUT2D eigenvalue weighted by atomic mass is 10.00. The number of hydrogen-bond donors (Lipinski definition) is 0. The molecule has 154 valence electrons. The zero-order valence-electron chi connectivity index (χ0n) is 17.6. The van der Waals surface area contributed by atoms with Gasteiger partial charge in [0.15, 0.2) is 11.6 Å². The average Bonchev–Trinajstić information content (AvgIpc) is 2.73. The minimum atomic E-state index is -0.956. The van der Waals surface area contributed by atoms with Crippen LogP contribution in [-0.4, -0.2) is 6.61 Å². The van der Waals surface area contributed by atoms with Crippen LogP contribution >= 0.6 is 0 Å². The maximum atomic E-state index is 14.5. The van der Waals surface area contributed by atoms with Gasteiger partial charge in [0.05, 0.1) is 6.61 Å². The third-order valence-corrected chi connectivity index (χ3v) is 4.76. The molecule has 0 atom stereocenters. The molecule has 2 aromatic carbocycles. The SMILES string of the molecule is C=C(/C=C\C(=C/C)c1ccc(OCC)c(F)c1F)CCc1ccc(CCC)cc1. The molecule has 0 bridgehead atoms. The van der Waals surface area contributed by atoms with Crippen molar-refractivity contribution >= 4 is 5.57 Å². The molecular weight excluding hydrogens is 366 g/mol. The van der Waals surface area contributed by atoms with Crippen LogP contribution in [0.15, 0.2) is 66.8 Å². The zero-order valence-corrected chi connectivity index (χ0v) is 17.6. The number of benzene rings is 2. The van der Waals surface area contributed by atoms with Gasteiger partial charge in [-0.05, 0) is 61.9 Å². The van der Waals surface area contributed by atoms with Gasteiger partial charge in [0.25, 0.3) is 0 Å². The van der Waals surface area contributed by atoms with Crippen molar-refractivity contribution in [2.24, 2.45) is 0 Å². The first-order chi connectivity index (χ1) is 14.0. The van der Waals surface area contributed by atoms with Gasteiger partial charge in [-0.25, -0.2) is 4.39 Å². The number of rotatable bonds is 10. The van der Waals surface area contributed by atoms with Gasteiger partial charge in [-0.15, -0.1) is 0 Å². The minimum absolute atomic E-state index is 0.0671. The van der Waals surface area contributed by atoms with Crippen LogP contribution in [0.2, 0.25) is 0 Å². The summed E-state index contributed by atoms with van der Waals surface area (Å²) in [7, 11) is 0. The first kappa shape index (κ1) is 22.6. The molecule has 0 aliphatic carbocycles. The molecule has 29 heavy (non-hydrogen) atoms. The summed E-state index contributed by atoms with van der Waals surface area (Å²) >= 11 is 0. The van der Waals surface area contributed by atoms with E-state index in [0.29, 0.717) is 5.57 Å². The Morgan fingerprint density at radius 1 is 0.931 bits per heavy atom. The van der Waals surface area contributed by atoms with Crippen molar-refractivity contribution in [2.75, 3.05) is 6.61 Å². The van der Waals surface area contributed by atoms with Crippen LogP contribution in [0.25, 0.3) is 5.57 Å². The molecule has 0 fully saturated rings. The van der Waals surface area contributed by atoms with E-state index in [0.717, 1.165) is 31.3 Å². The van der Waals surface area contributed by atoms with Gasteiger partial charge in [0.2, 0.25) is 5.82 Å². The predicted octanol–water partition coefficient (Wildman–Crippen LogP) is 7.46. The van der Waals surface area contributed by atoms with Crippen molar-refractivity contribution in [3.05, 3.63) is 95.1 Å². The molecule has 1 nitrogen and oxygen atoms in total. The molecule has 0 aromatic heterocycles. The van der Waals surface area contributed by atoms with Crippen LogP contribution in [0.5, 0.6) is 5.75 Å². The second-order valence-electron chi connectivity index (χ2n) is 6.97. The van der Waals surface area contributed by atoms with E-state index in [1.54, 1.807) is 32.1 Å². The molecular formula is C26H30F2O. The summed E-state index contributed by atoms with van der Waals surface area (Å²) in [6.07, 6.45) is 9.36. The molecule has 0 aliphatic heterocycles. The Labute approximate surface area is 173 Å². The van der Waals surface area contributed by atoms with Crippen molar-refractivity contribution in [3.8, 4) is 5.75 Å². The Balaban J connectivity index is 2.01. The van der Waals surface area contributed by atoms with Gasteiger partial charge in [-0.3, -0.25) is 0 Å². The highest BCUT2D eigenvalue weighted by atomic mass is 19.2. The highest BCUT2D eigenvalue weighted by Crippen LogP contribution is 2.28. The molecule has 0 saturated heterocycles. The topological polar surface area (TPSA) is 9.23 Å². The normalized spacial score (nSPS) is 11.8. The summed E-state index contributed by atoms with van der Waals surface area (Å²) in [5, 5.41) is 0. The second kappa shape index (κ2) is 11.4. The monoisotopic (exact) mass is 396 g/mol. The van der Waals surface area contributed by atoms with Gasteiger partial charge in [-0.2, -0.15) is 4.39 Å². The van der Waals surface area contributed by atoms with E-state index in [1.165, 1.54) is 17.2 Å². The van der Waals surface area contributed by atoms with Crippen LogP contribution in [-0.2, 0) is 12.8 Å². The largest absolute Gasteiger partial charge is 0.491 e. The van der Waals surface area contributed by atoms with Crippen molar-refractivity contribution in [3.63, 3.8) is 0 Å². The molecule has 0 saturated carbocycles. The fraction of sp³-hybridized carbons (Fsp3) is 0.308.